The minimum absolute atomic E-state index is 0.105. The van der Waals surface area contributed by atoms with Gasteiger partial charge in [0.05, 0.1) is 16.8 Å². The minimum Gasteiger partial charge on any atom is -0.357 e. The Hall–Kier alpha value is -3.13. The zero-order valence-corrected chi connectivity index (χ0v) is 13.1. The fraction of sp³-hybridized carbons (Fsp3) is 0. The van der Waals surface area contributed by atoms with Gasteiger partial charge in [0.15, 0.2) is 0 Å². The molecule has 0 saturated carbocycles. The normalized spacial score (nSPS) is 11.8. The first kappa shape index (κ1) is 14.5. The highest BCUT2D eigenvalue weighted by molar-refractivity contribution is 7.92. The number of aromatic amines is 2. The summed E-state index contributed by atoms with van der Waals surface area (Å²) >= 11 is 0. The Morgan fingerprint density at radius 3 is 2.75 bits per heavy atom. The van der Waals surface area contributed by atoms with E-state index < -0.39 is 10.0 Å². The van der Waals surface area contributed by atoms with Crippen molar-refractivity contribution in [2.24, 2.45) is 0 Å². The van der Waals surface area contributed by atoms with E-state index in [-0.39, 0.29) is 10.5 Å². The van der Waals surface area contributed by atoms with Gasteiger partial charge in [0.25, 0.3) is 15.6 Å². The van der Waals surface area contributed by atoms with Crippen molar-refractivity contribution in [3.05, 3.63) is 65.3 Å². The third-order valence-electron chi connectivity index (χ3n) is 3.73. The SMILES string of the molecule is O=c1[nH]c2ccc(S(=O)(=O)Nc3cccnc3)cc2c2cc[nH]c12. The summed E-state index contributed by atoms with van der Waals surface area (Å²) in [5.41, 5.74) is 1.13. The van der Waals surface area contributed by atoms with Crippen LogP contribution in [0.2, 0.25) is 0 Å². The van der Waals surface area contributed by atoms with Crippen LogP contribution < -0.4 is 10.3 Å². The van der Waals surface area contributed by atoms with Crippen molar-refractivity contribution in [2.45, 2.75) is 4.90 Å². The van der Waals surface area contributed by atoms with E-state index in [1.165, 1.54) is 12.3 Å². The summed E-state index contributed by atoms with van der Waals surface area (Å²) in [7, 11) is -3.76. The maximum absolute atomic E-state index is 12.6. The Balaban J connectivity index is 1.88. The molecule has 7 nitrogen and oxygen atoms in total. The van der Waals surface area contributed by atoms with Crippen molar-refractivity contribution in [3.8, 4) is 0 Å². The second-order valence-corrected chi connectivity index (χ2v) is 6.96. The second kappa shape index (κ2) is 5.20. The van der Waals surface area contributed by atoms with Crippen LogP contribution in [0.4, 0.5) is 5.69 Å². The van der Waals surface area contributed by atoms with Crippen LogP contribution in [0.1, 0.15) is 0 Å². The minimum atomic E-state index is -3.76. The van der Waals surface area contributed by atoms with Gasteiger partial charge in [-0.15, -0.1) is 0 Å². The maximum Gasteiger partial charge on any atom is 0.272 e. The molecule has 3 aromatic heterocycles. The Labute approximate surface area is 136 Å². The lowest BCUT2D eigenvalue weighted by atomic mass is 10.1. The van der Waals surface area contributed by atoms with E-state index in [4.69, 9.17) is 0 Å². The topological polar surface area (TPSA) is 108 Å². The summed E-state index contributed by atoms with van der Waals surface area (Å²) in [4.78, 5) is 21.5. The smallest absolute Gasteiger partial charge is 0.272 e. The number of fused-ring (bicyclic) bond motifs is 3. The van der Waals surface area contributed by atoms with Crippen molar-refractivity contribution >= 4 is 37.5 Å². The molecule has 1 aromatic carbocycles. The number of anilines is 1. The van der Waals surface area contributed by atoms with Crippen LogP contribution in [0.3, 0.4) is 0 Å². The summed E-state index contributed by atoms with van der Waals surface area (Å²) in [5, 5.41) is 1.33. The lowest BCUT2D eigenvalue weighted by Gasteiger charge is -2.09. The average molecular weight is 340 g/mol. The van der Waals surface area contributed by atoms with Gasteiger partial charge in [-0.1, -0.05) is 0 Å². The van der Waals surface area contributed by atoms with E-state index in [0.29, 0.717) is 27.5 Å². The zero-order valence-electron chi connectivity index (χ0n) is 12.3. The lowest BCUT2D eigenvalue weighted by Crippen LogP contribution is -2.13. The molecule has 0 aliphatic heterocycles. The van der Waals surface area contributed by atoms with Gasteiger partial charge in [-0.05, 0) is 36.4 Å². The van der Waals surface area contributed by atoms with Crippen LogP contribution in [-0.4, -0.2) is 23.4 Å². The zero-order chi connectivity index (χ0) is 16.7. The summed E-state index contributed by atoms with van der Waals surface area (Å²) in [6.45, 7) is 0. The summed E-state index contributed by atoms with van der Waals surface area (Å²) < 4.78 is 27.6. The van der Waals surface area contributed by atoms with Gasteiger partial charge in [-0.25, -0.2) is 8.42 Å². The van der Waals surface area contributed by atoms with E-state index in [1.54, 1.807) is 42.7 Å². The molecule has 0 atom stereocenters. The molecule has 0 unspecified atom stereocenters. The standard InChI is InChI=1S/C16H12N4O3S/c21-16-15-12(5-7-18-15)13-8-11(3-4-14(13)19-16)24(22,23)20-10-2-1-6-17-9-10/h1-9,18,20H,(H,19,21). The van der Waals surface area contributed by atoms with E-state index >= 15 is 0 Å². The Bertz CT molecular complexity index is 1210. The highest BCUT2D eigenvalue weighted by atomic mass is 32.2. The quantitative estimate of drug-likeness (QED) is 0.531. The number of nitrogens with one attached hydrogen (secondary N) is 3. The molecule has 4 rings (SSSR count). The van der Waals surface area contributed by atoms with Crippen LogP contribution in [-0.2, 0) is 10.0 Å². The van der Waals surface area contributed by atoms with Crippen molar-refractivity contribution in [1.82, 2.24) is 15.0 Å². The molecule has 8 heteroatoms. The van der Waals surface area contributed by atoms with Crippen LogP contribution in [0.25, 0.3) is 21.8 Å². The van der Waals surface area contributed by atoms with Gasteiger partial charge >= 0.3 is 0 Å². The fourth-order valence-electron chi connectivity index (χ4n) is 2.63. The summed E-state index contributed by atoms with van der Waals surface area (Å²) in [5.74, 6) is 0. The summed E-state index contributed by atoms with van der Waals surface area (Å²) in [6, 6.07) is 9.59. The Morgan fingerprint density at radius 2 is 1.96 bits per heavy atom. The molecule has 4 aromatic rings. The molecule has 0 aliphatic rings. The highest BCUT2D eigenvalue weighted by Gasteiger charge is 2.16. The third kappa shape index (κ3) is 2.33. The average Bonchev–Trinajstić information content (AvgIpc) is 3.06. The van der Waals surface area contributed by atoms with E-state index in [9.17, 15) is 13.2 Å². The number of hydrogen-bond donors (Lipinski definition) is 3. The summed E-state index contributed by atoms with van der Waals surface area (Å²) in [6.07, 6.45) is 4.64. The van der Waals surface area contributed by atoms with Gasteiger partial charge in [-0.3, -0.25) is 14.5 Å². The largest absolute Gasteiger partial charge is 0.357 e. The van der Waals surface area contributed by atoms with Crippen LogP contribution in [0.5, 0.6) is 0 Å². The number of hydrogen-bond acceptors (Lipinski definition) is 4. The van der Waals surface area contributed by atoms with Crippen molar-refractivity contribution in [3.63, 3.8) is 0 Å². The first-order chi connectivity index (χ1) is 11.5. The van der Waals surface area contributed by atoms with Crippen LogP contribution in [0, 0.1) is 0 Å². The number of pyridine rings is 2. The predicted molar refractivity (Wildman–Crippen MR) is 91.5 cm³/mol. The number of rotatable bonds is 3. The number of aromatic nitrogens is 3. The number of nitrogens with zero attached hydrogens (tertiary/aromatic N) is 1. The Morgan fingerprint density at radius 1 is 1.08 bits per heavy atom. The molecule has 0 fully saturated rings. The number of benzene rings is 1. The maximum atomic E-state index is 12.6. The van der Waals surface area contributed by atoms with Gasteiger partial charge in [0.2, 0.25) is 0 Å². The van der Waals surface area contributed by atoms with Crippen LogP contribution in [0.15, 0.2) is 64.7 Å². The van der Waals surface area contributed by atoms with Crippen LogP contribution >= 0.6 is 0 Å². The molecule has 0 aliphatic carbocycles. The first-order valence-corrected chi connectivity index (χ1v) is 8.59. The molecular weight excluding hydrogens is 328 g/mol. The molecule has 120 valence electrons. The van der Waals surface area contributed by atoms with E-state index in [2.05, 4.69) is 19.7 Å². The lowest BCUT2D eigenvalue weighted by molar-refractivity contribution is 0.601. The molecule has 24 heavy (non-hydrogen) atoms. The van der Waals surface area contributed by atoms with Gasteiger partial charge in [0, 0.05) is 28.7 Å². The monoisotopic (exact) mass is 340 g/mol. The molecule has 0 amide bonds. The molecule has 3 heterocycles. The molecular formula is C16H12N4O3S. The van der Waals surface area contributed by atoms with E-state index in [1.807, 2.05) is 0 Å². The van der Waals surface area contributed by atoms with E-state index in [0.717, 1.165) is 0 Å². The van der Waals surface area contributed by atoms with Gasteiger partial charge in [-0.2, -0.15) is 0 Å². The second-order valence-electron chi connectivity index (χ2n) is 5.28. The molecule has 0 radical (unpaired) electrons. The highest BCUT2D eigenvalue weighted by Crippen LogP contribution is 2.24. The van der Waals surface area contributed by atoms with Gasteiger partial charge < -0.3 is 9.97 Å². The number of sulfonamides is 1. The van der Waals surface area contributed by atoms with Gasteiger partial charge in [0.1, 0.15) is 5.52 Å². The fourth-order valence-corrected chi connectivity index (χ4v) is 3.70. The first-order valence-electron chi connectivity index (χ1n) is 7.10. The molecule has 0 bridgehead atoms. The molecule has 0 spiro atoms. The van der Waals surface area contributed by atoms with Crippen molar-refractivity contribution in [2.75, 3.05) is 4.72 Å². The Kier molecular flexibility index (Phi) is 3.14. The molecule has 0 saturated heterocycles. The predicted octanol–water partition coefficient (Wildman–Crippen LogP) is 2.21. The molecule has 3 N–H and O–H groups in total. The van der Waals surface area contributed by atoms with Crippen molar-refractivity contribution in [1.29, 1.82) is 0 Å². The van der Waals surface area contributed by atoms with Crippen molar-refractivity contribution < 1.29 is 8.42 Å². The number of H-pyrrole nitrogens is 2. The third-order valence-corrected chi connectivity index (χ3v) is 5.11.